The van der Waals surface area contributed by atoms with Crippen LogP contribution >= 0.6 is 0 Å². The number of phenolic OH excluding ortho intramolecular Hbond substituents is 1. The van der Waals surface area contributed by atoms with Gasteiger partial charge in [-0.3, -0.25) is 4.79 Å². The molecule has 0 atom stereocenters. The molecule has 3 N–H and O–H groups in total. The van der Waals surface area contributed by atoms with Gasteiger partial charge in [0.2, 0.25) is 15.9 Å². The predicted molar refractivity (Wildman–Crippen MR) is 59.6 cm³/mol. The van der Waals surface area contributed by atoms with Gasteiger partial charge >= 0.3 is 0 Å². The van der Waals surface area contributed by atoms with Crippen LogP contribution < -0.4 is 10.0 Å². The lowest BCUT2D eigenvalue weighted by Crippen LogP contribution is -2.31. The second-order valence-electron chi connectivity index (χ2n) is 3.19. The van der Waals surface area contributed by atoms with Crippen molar-refractivity contribution in [2.45, 2.75) is 0 Å². The Hall–Kier alpha value is -1.60. The van der Waals surface area contributed by atoms with Gasteiger partial charge < -0.3 is 10.4 Å². The average Bonchev–Trinajstić information content (AvgIpc) is 2.18. The molecule has 0 aliphatic heterocycles. The van der Waals surface area contributed by atoms with Gasteiger partial charge in [-0.05, 0) is 24.3 Å². The Morgan fingerprint density at radius 1 is 1.31 bits per heavy atom. The number of hydrogen-bond donors (Lipinski definition) is 3. The van der Waals surface area contributed by atoms with Crippen LogP contribution in [0, 0.1) is 0 Å². The highest BCUT2D eigenvalue weighted by Gasteiger charge is 2.06. The van der Waals surface area contributed by atoms with E-state index in [0.29, 0.717) is 5.69 Å². The zero-order valence-corrected chi connectivity index (χ0v) is 9.41. The summed E-state index contributed by atoms with van der Waals surface area (Å²) in [5.74, 6) is -0.386. The molecule has 7 heteroatoms. The van der Waals surface area contributed by atoms with Crippen molar-refractivity contribution in [3.05, 3.63) is 24.3 Å². The molecule has 0 aromatic heterocycles. The number of hydrogen-bond acceptors (Lipinski definition) is 4. The first-order chi connectivity index (χ1) is 7.37. The van der Waals surface area contributed by atoms with Crippen LogP contribution in [0.2, 0.25) is 0 Å². The Bertz CT molecular complexity index is 467. The Balaban J connectivity index is 2.49. The molecule has 1 aromatic carbocycles. The molecule has 0 spiro atoms. The quantitative estimate of drug-likeness (QED) is 0.643. The van der Waals surface area contributed by atoms with Crippen molar-refractivity contribution >= 4 is 21.6 Å². The van der Waals surface area contributed by atoms with Crippen molar-refractivity contribution in [2.24, 2.45) is 0 Å². The molecule has 16 heavy (non-hydrogen) atoms. The lowest BCUT2D eigenvalue weighted by Gasteiger charge is -2.05. The summed E-state index contributed by atoms with van der Waals surface area (Å²) >= 11 is 0. The van der Waals surface area contributed by atoms with Crippen molar-refractivity contribution in [2.75, 3.05) is 18.1 Å². The van der Waals surface area contributed by atoms with Gasteiger partial charge in [0.1, 0.15) is 5.75 Å². The maximum Gasteiger partial charge on any atom is 0.239 e. The zero-order valence-electron chi connectivity index (χ0n) is 8.60. The van der Waals surface area contributed by atoms with Crippen LogP contribution in [0.5, 0.6) is 5.75 Å². The summed E-state index contributed by atoms with van der Waals surface area (Å²) in [6, 6.07) is 5.85. The van der Waals surface area contributed by atoms with Crippen molar-refractivity contribution < 1.29 is 18.3 Å². The van der Waals surface area contributed by atoms with Crippen LogP contribution in [0.4, 0.5) is 5.69 Å². The Labute approximate surface area is 93.3 Å². The minimum atomic E-state index is -3.37. The maximum atomic E-state index is 11.2. The first-order valence-electron chi connectivity index (χ1n) is 4.40. The van der Waals surface area contributed by atoms with Gasteiger partial charge in [-0.25, -0.2) is 13.1 Å². The molecule has 0 aliphatic carbocycles. The minimum absolute atomic E-state index is 0.0901. The van der Waals surface area contributed by atoms with Crippen LogP contribution in [-0.4, -0.2) is 32.2 Å². The van der Waals surface area contributed by atoms with Crippen LogP contribution in [0.1, 0.15) is 0 Å². The van der Waals surface area contributed by atoms with Gasteiger partial charge in [-0.15, -0.1) is 0 Å². The standard InChI is InChI=1S/C9H12N2O4S/c1-16(14,15)10-6-9(13)11-7-2-4-8(12)5-3-7/h2-5,10,12H,6H2,1H3,(H,11,13). The summed E-state index contributed by atoms with van der Waals surface area (Å²) in [4.78, 5) is 11.2. The van der Waals surface area contributed by atoms with Crippen LogP contribution in [0.3, 0.4) is 0 Å². The SMILES string of the molecule is CS(=O)(=O)NCC(=O)Nc1ccc(O)cc1. The molecule has 0 saturated heterocycles. The third-order valence-corrected chi connectivity index (χ3v) is 2.31. The fourth-order valence-electron chi connectivity index (χ4n) is 0.947. The number of phenols is 1. The van der Waals surface area contributed by atoms with Gasteiger partial charge in [-0.1, -0.05) is 0 Å². The molecule has 0 aliphatic rings. The van der Waals surface area contributed by atoms with Crippen LogP contribution in [0.15, 0.2) is 24.3 Å². The molecule has 0 unspecified atom stereocenters. The Kier molecular flexibility index (Phi) is 3.86. The van der Waals surface area contributed by atoms with E-state index in [1.807, 2.05) is 0 Å². The van der Waals surface area contributed by atoms with Crippen LogP contribution in [0.25, 0.3) is 0 Å². The summed E-state index contributed by atoms with van der Waals surface area (Å²) in [6.07, 6.45) is 0.973. The fraction of sp³-hybridized carbons (Fsp3) is 0.222. The van der Waals surface area contributed by atoms with Gasteiger partial charge in [0.05, 0.1) is 12.8 Å². The molecule has 1 amide bonds. The highest BCUT2D eigenvalue weighted by molar-refractivity contribution is 7.88. The van der Waals surface area contributed by atoms with Crippen molar-refractivity contribution in [1.29, 1.82) is 0 Å². The summed E-state index contributed by atoms with van der Waals surface area (Å²) in [6.45, 7) is -0.320. The molecular formula is C9H12N2O4S. The number of anilines is 1. The van der Waals surface area contributed by atoms with E-state index in [0.717, 1.165) is 6.26 Å². The van der Waals surface area contributed by atoms with E-state index in [9.17, 15) is 13.2 Å². The fourth-order valence-corrected chi connectivity index (χ4v) is 1.34. The van der Waals surface area contributed by atoms with Crippen LogP contribution in [-0.2, 0) is 14.8 Å². The predicted octanol–water partition coefficient (Wildman–Crippen LogP) is -0.120. The second kappa shape index (κ2) is 4.95. The molecule has 0 saturated carbocycles. The number of carbonyl (C=O) groups is 1. The number of carbonyl (C=O) groups excluding carboxylic acids is 1. The van der Waals surface area contributed by atoms with E-state index in [-0.39, 0.29) is 12.3 Å². The Morgan fingerprint density at radius 3 is 2.38 bits per heavy atom. The third kappa shape index (κ3) is 4.76. The molecule has 0 radical (unpaired) electrons. The van der Waals surface area contributed by atoms with Gasteiger partial charge in [-0.2, -0.15) is 0 Å². The normalized spacial score (nSPS) is 11.1. The lowest BCUT2D eigenvalue weighted by molar-refractivity contribution is -0.115. The topological polar surface area (TPSA) is 95.5 Å². The van der Waals surface area contributed by atoms with Crippen molar-refractivity contribution in [3.8, 4) is 5.75 Å². The molecule has 88 valence electrons. The molecule has 1 rings (SSSR count). The van der Waals surface area contributed by atoms with E-state index < -0.39 is 15.9 Å². The summed E-state index contributed by atoms with van der Waals surface area (Å²) in [5, 5.41) is 11.5. The minimum Gasteiger partial charge on any atom is -0.508 e. The van der Waals surface area contributed by atoms with E-state index >= 15 is 0 Å². The molecule has 0 heterocycles. The monoisotopic (exact) mass is 244 g/mol. The smallest absolute Gasteiger partial charge is 0.239 e. The van der Waals surface area contributed by atoms with Crippen molar-refractivity contribution in [1.82, 2.24) is 4.72 Å². The number of nitrogens with one attached hydrogen (secondary N) is 2. The van der Waals surface area contributed by atoms with Gasteiger partial charge in [0.25, 0.3) is 0 Å². The summed E-state index contributed by atoms with van der Waals surface area (Å²) in [7, 11) is -3.37. The largest absolute Gasteiger partial charge is 0.508 e. The van der Waals surface area contributed by atoms with Crippen molar-refractivity contribution in [3.63, 3.8) is 0 Å². The molecular weight excluding hydrogens is 232 g/mol. The molecule has 6 nitrogen and oxygen atoms in total. The second-order valence-corrected chi connectivity index (χ2v) is 5.02. The highest BCUT2D eigenvalue weighted by atomic mass is 32.2. The number of amides is 1. The number of aromatic hydroxyl groups is 1. The Morgan fingerprint density at radius 2 is 1.88 bits per heavy atom. The average molecular weight is 244 g/mol. The highest BCUT2D eigenvalue weighted by Crippen LogP contribution is 2.13. The van der Waals surface area contributed by atoms with E-state index in [4.69, 9.17) is 5.11 Å². The summed E-state index contributed by atoms with van der Waals surface area (Å²) in [5.41, 5.74) is 0.484. The number of benzene rings is 1. The first kappa shape index (κ1) is 12.5. The van der Waals surface area contributed by atoms with E-state index in [1.54, 1.807) is 0 Å². The maximum absolute atomic E-state index is 11.2. The van der Waals surface area contributed by atoms with E-state index in [2.05, 4.69) is 10.0 Å². The number of rotatable bonds is 4. The summed E-state index contributed by atoms with van der Waals surface area (Å²) < 4.78 is 23.5. The molecule has 0 fully saturated rings. The third-order valence-electron chi connectivity index (χ3n) is 1.65. The molecule has 0 bridgehead atoms. The number of sulfonamides is 1. The molecule has 1 aromatic rings. The van der Waals surface area contributed by atoms with E-state index in [1.165, 1.54) is 24.3 Å². The lowest BCUT2D eigenvalue weighted by atomic mass is 10.3. The van der Waals surface area contributed by atoms with Gasteiger partial charge in [0, 0.05) is 5.69 Å². The van der Waals surface area contributed by atoms with Gasteiger partial charge in [0.15, 0.2) is 0 Å². The first-order valence-corrected chi connectivity index (χ1v) is 6.29. The zero-order chi connectivity index (χ0) is 12.2.